The van der Waals surface area contributed by atoms with Crippen LogP contribution in [0.25, 0.3) is 0 Å². The molecule has 1 aromatic rings. The van der Waals surface area contributed by atoms with Gasteiger partial charge in [-0.15, -0.1) is 0 Å². The number of nitrogens with two attached hydrogens (primary N) is 1. The fraction of sp³-hybridized carbons (Fsp3) is 0.429. The summed E-state index contributed by atoms with van der Waals surface area (Å²) in [5.74, 6) is -0.368. The minimum absolute atomic E-state index is 0.0928. The fourth-order valence-electron chi connectivity index (χ4n) is 2.32. The summed E-state index contributed by atoms with van der Waals surface area (Å²) in [6.45, 7) is 6.74. The average Bonchev–Trinajstić information content (AvgIpc) is 2.64. The van der Waals surface area contributed by atoms with E-state index in [9.17, 15) is 18.4 Å². The van der Waals surface area contributed by atoms with Crippen LogP contribution in [0.15, 0.2) is 41.7 Å². The number of allylic oxidation sites excluding steroid dienone is 1. The summed E-state index contributed by atoms with van der Waals surface area (Å²) in [6, 6.07) is 4.94. The quantitative estimate of drug-likeness (QED) is 0.409. The van der Waals surface area contributed by atoms with Crippen molar-refractivity contribution in [3.8, 4) is 5.75 Å². The average molecular weight is 409 g/mol. The van der Waals surface area contributed by atoms with Gasteiger partial charge in [-0.25, -0.2) is 8.78 Å². The van der Waals surface area contributed by atoms with E-state index in [1.165, 1.54) is 6.08 Å². The number of nitrogens with one attached hydrogen (secondary N) is 2. The number of amides is 2. The van der Waals surface area contributed by atoms with E-state index in [4.69, 9.17) is 10.5 Å². The van der Waals surface area contributed by atoms with Gasteiger partial charge in [0, 0.05) is 18.0 Å². The lowest BCUT2D eigenvalue weighted by molar-refractivity contribution is -0.123. The van der Waals surface area contributed by atoms with Gasteiger partial charge in [0.15, 0.2) is 0 Å². The zero-order valence-electron chi connectivity index (χ0n) is 17.2. The number of rotatable bonds is 10. The van der Waals surface area contributed by atoms with Crippen LogP contribution in [0.3, 0.4) is 0 Å². The van der Waals surface area contributed by atoms with Gasteiger partial charge in [0.05, 0.1) is 0 Å². The molecule has 0 saturated heterocycles. The predicted molar refractivity (Wildman–Crippen MR) is 108 cm³/mol. The molecular formula is C21H29F2N3O3. The van der Waals surface area contributed by atoms with E-state index in [-0.39, 0.29) is 30.1 Å². The second-order valence-electron chi connectivity index (χ2n) is 6.78. The Balaban J connectivity index is 2.77. The van der Waals surface area contributed by atoms with Crippen LogP contribution < -0.4 is 21.1 Å². The summed E-state index contributed by atoms with van der Waals surface area (Å²) < 4.78 is 29.5. The highest BCUT2D eigenvalue weighted by Crippen LogP contribution is 2.18. The number of hydrogen-bond donors (Lipinski definition) is 3. The van der Waals surface area contributed by atoms with E-state index in [0.29, 0.717) is 17.7 Å². The lowest BCUT2D eigenvalue weighted by Gasteiger charge is -2.12. The minimum Gasteiger partial charge on any atom is -0.488 e. The third-order valence-corrected chi connectivity index (χ3v) is 3.92. The maximum Gasteiger partial charge on any atom is 0.272 e. The van der Waals surface area contributed by atoms with Crippen LogP contribution in [0.5, 0.6) is 5.75 Å². The Kier molecular flexibility index (Phi) is 9.85. The fourth-order valence-corrected chi connectivity index (χ4v) is 2.32. The van der Waals surface area contributed by atoms with Gasteiger partial charge in [-0.2, -0.15) is 0 Å². The topological polar surface area (TPSA) is 93.5 Å². The molecule has 0 atom stereocenters. The number of carbonyl (C=O) groups excluding carboxylic acids is 2. The predicted octanol–water partition coefficient (Wildman–Crippen LogP) is 3.16. The van der Waals surface area contributed by atoms with Gasteiger partial charge >= 0.3 is 0 Å². The van der Waals surface area contributed by atoms with E-state index < -0.39 is 13.0 Å². The summed E-state index contributed by atoms with van der Waals surface area (Å²) in [5, 5.41) is 5.34. The first-order valence-corrected chi connectivity index (χ1v) is 9.40. The SMILES string of the molecule is CC/C=C(\C=C(/N)NC(=O)C(C)C)C(=O)NCc1ccc(OCC(F)F)cc1C. The van der Waals surface area contributed by atoms with Crippen molar-refractivity contribution in [2.75, 3.05) is 6.61 Å². The first-order valence-electron chi connectivity index (χ1n) is 9.40. The van der Waals surface area contributed by atoms with Crippen molar-refractivity contribution in [3.63, 3.8) is 0 Å². The number of benzene rings is 1. The van der Waals surface area contributed by atoms with Crippen molar-refractivity contribution in [2.45, 2.75) is 47.1 Å². The molecule has 0 aliphatic heterocycles. The molecule has 0 heterocycles. The first-order chi connectivity index (χ1) is 13.6. The molecule has 0 bridgehead atoms. The van der Waals surface area contributed by atoms with E-state index in [2.05, 4.69) is 10.6 Å². The lowest BCUT2D eigenvalue weighted by atomic mass is 10.1. The number of aryl methyl sites for hydroxylation is 1. The van der Waals surface area contributed by atoms with Crippen LogP contribution in [0.1, 0.15) is 38.3 Å². The van der Waals surface area contributed by atoms with Crippen LogP contribution >= 0.6 is 0 Å². The molecule has 0 spiro atoms. The second-order valence-corrected chi connectivity index (χ2v) is 6.78. The molecule has 4 N–H and O–H groups in total. The molecule has 29 heavy (non-hydrogen) atoms. The van der Waals surface area contributed by atoms with Crippen molar-refractivity contribution in [1.82, 2.24) is 10.6 Å². The standard InChI is InChI=1S/C21H29F2N3O3/c1-5-6-15(10-19(24)26-20(27)13(2)3)21(28)25-11-16-7-8-17(9-14(16)4)29-12-18(22)23/h6-10,13,18H,5,11-12,24H2,1-4H3,(H,25,28)(H,26,27)/b15-6+,19-10+. The second kappa shape index (κ2) is 11.8. The molecule has 0 radical (unpaired) electrons. The van der Waals surface area contributed by atoms with Crippen LogP contribution in [-0.4, -0.2) is 24.8 Å². The van der Waals surface area contributed by atoms with Crippen LogP contribution in [0.2, 0.25) is 0 Å². The smallest absolute Gasteiger partial charge is 0.272 e. The van der Waals surface area contributed by atoms with Gasteiger partial charge in [0.25, 0.3) is 12.3 Å². The maximum absolute atomic E-state index is 12.5. The minimum atomic E-state index is -2.54. The molecule has 2 amide bonds. The van der Waals surface area contributed by atoms with Gasteiger partial charge in [0.1, 0.15) is 18.2 Å². The summed E-state index contributed by atoms with van der Waals surface area (Å²) in [5.41, 5.74) is 7.78. The van der Waals surface area contributed by atoms with Crippen LogP contribution in [0.4, 0.5) is 8.78 Å². The number of halogens is 2. The summed E-state index contributed by atoms with van der Waals surface area (Å²) >= 11 is 0. The summed E-state index contributed by atoms with van der Waals surface area (Å²) in [6.07, 6.45) is 1.20. The van der Waals surface area contributed by atoms with E-state index in [0.717, 1.165) is 11.1 Å². The van der Waals surface area contributed by atoms with Crippen molar-refractivity contribution < 1.29 is 23.1 Å². The highest BCUT2D eigenvalue weighted by atomic mass is 19.3. The number of hydrogen-bond acceptors (Lipinski definition) is 4. The Hall–Kier alpha value is -2.90. The molecule has 6 nitrogen and oxygen atoms in total. The van der Waals surface area contributed by atoms with Gasteiger partial charge in [-0.05, 0) is 42.7 Å². The van der Waals surface area contributed by atoms with Gasteiger partial charge in [0.2, 0.25) is 5.91 Å². The molecule has 0 unspecified atom stereocenters. The molecule has 0 fully saturated rings. The largest absolute Gasteiger partial charge is 0.488 e. The summed E-state index contributed by atoms with van der Waals surface area (Å²) in [4.78, 5) is 24.2. The van der Waals surface area contributed by atoms with Gasteiger partial charge in [-0.1, -0.05) is 32.9 Å². The molecule has 0 aromatic heterocycles. The molecule has 0 saturated carbocycles. The number of ether oxygens (including phenoxy) is 1. The number of alkyl halides is 2. The van der Waals surface area contributed by atoms with Crippen molar-refractivity contribution in [1.29, 1.82) is 0 Å². The molecule has 0 aliphatic carbocycles. The zero-order chi connectivity index (χ0) is 22.0. The molecule has 160 valence electrons. The third-order valence-electron chi connectivity index (χ3n) is 3.92. The summed E-state index contributed by atoms with van der Waals surface area (Å²) in [7, 11) is 0. The zero-order valence-corrected chi connectivity index (χ0v) is 17.2. The Morgan fingerprint density at radius 2 is 1.97 bits per heavy atom. The highest BCUT2D eigenvalue weighted by molar-refractivity contribution is 5.96. The monoisotopic (exact) mass is 409 g/mol. The Labute approximate surface area is 170 Å². The van der Waals surface area contributed by atoms with Crippen LogP contribution in [-0.2, 0) is 16.1 Å². The van der Waals surface area contributed by atoms with E-state index >= 15 is 0 Å². The Morgan fingerprint density at radius 1 is 1.28 bits per heavy atom. The first kappa shape index (κ1) is 24.1. The van der Waals surface area contributed by atoms with Crippen molar-refractivity contribution in [2.24, 2.45) is 11.7 Å². The normalized spacial score (nSPS) is 12.3. The maximum atomic E-state index is 12.5. The highest BCUT2D eigenvalue weighted by Gasteiger charge is 2.11. The van der Waals surface area contributed by atoms with Crippen molar-refractivity contribution in [3.05, 3.63) is 52.9 Å². The van der Waals surface area contributed by atoms with E-state index in [1.807, 2.05) is 6.92 Å². The Bertz CT molecular complexity index is 774. The molecule has 1 rings (SSSR count). The van der Waals surface area contributed by atoms with E-state index in [1.54, 1.807) is 45.0 Å². The van der Waals surface area contributed by atoms with Gasteiger partial charge in [-0.3, -0.25) is 9.59 Å². The molecular weight excluding hydrogens is 380 g/mol. The Morgan fingerprint density at radius 3 is 2.52 bits per heavy atom. The van der Waals surface area contributed by atoms with Crippen molar-refractivity contribution >= 4 is 11.8 Å². The van der Waals surface area contributed by atoms with Crippen LogP contribution in [0, 0.1) is 12.8 Å². The molecule has 8 heteroatoms. The number of carbonyl (C=O) groups is 2. The molecule has 0 aliphatic rings. The molecule has 1 aromatic carbocycles. The third kappa shape index (κ3) is 8.76. The van der Waals surface area contributed by atoms with Gasteiger partial charge < -0.3 is 21.1 Å². The lowest BCUT2D eigenvalue weighted by Crippen LogP contribution is -2.32.